The molecule has 2 fully saturated rings. The third-order valence-electron chi connectivity index (χ3n) is 4.64. The summed E-state index contributed by atoms with van der Waals surface area (Å²) in [5.74, 6) is 3.20. The van der Waals surface area contributed by atoms with Gasteiger partial charge in [0.25, 0.3) is 0 Å². The van der Waals surface area contributed by atoms with Gasteiger partial charge in [0.15, 0.2) is 17.5 Å². The highest BCUT2D eigenvalue weighted by molar-refractivity contribution is 5.34. The minimum atomic E-state index is -0.415. The largest absolute Gasteiger partial charge is 0.377 e. The van der Waals surface area contributed by atoms with Crippen LogP contribution in [0.2, 0.25) is 0 Å². The van der Waals surface area contributed by atoms with E-state index < -0.39 is 5.82 Å². The molecule has 0 bridgehead atoms. The van der Waals surface area contributed by atoms with Gasteiger partial charge in [0.2, 0.25) is 5.95 Å². The maximum absolute atomic E-state index is 13.0. The van der Waals surface area contributed by atoms with Crippen LogP contribution in [-0.4, -0.2) is 45.3 Å². The number of hydrogen-bond acceptors (Lipinski definition) is 6. The molecule has 23 heavy (non-hydrogen) atoms. The van der Waals surface area contributed by atoms with Gasteiger partial charge in [-0.1, -0.05) is 0 Å². The summed E-state index contributed by atoms with van der Waals surface area (Å²) >= 11 is 0. The maximum atomic E-state index is 13.0. The molecule has 8 heteroatoms. The van der Waals surface area contributed by atoms with E-state index >= 15 is 0 Å². The minimum absolute atomic E-state index is 0.248. The van der Waals surface area contributed by atoms with Gasteiger partial charge >= 0.3 is 0 Å². The Morgan fingerprint density at radius 2 is 2.09 bits per heavy atom. The van der Waals surface area contributed by atoms with Crippen LogP contribution in [-0.2, 0) is 11.3 Å². The molecule has 0 unspecified atom stereocenters. The number of aromatic nitrogens is 5. The molecule has 7 nitrogen and oxygen atoms in total. The van der Waals surface area contributed by atoms with E-state index in [1.165, 1.54) is 25.2 Å². The van der Waals surface area contributed by atoms with Crippen LogP contribution in [0.3, 0.4) is 0 Å². The second-order valence-electron chi connectivity index (χ2n) is 6.29. The molecule has 1 N–H and O–H groups in total. The Kier molecular flexibility index (Phi) is 3.68. The van der Waals surface area contributed by atoms with Crippen LogP contribution in [0.4, 0.5) is 10.3 Å². The molecule has 2 aliphatic rings. The summed E-state index contributed by atoms with van der Waals surface area (Å²) in [5, 5.41) is 7.32. The summed E-state index contributed by atoms with van der Waals surface area (Å²) in [7, 11) is 1.64. The number of nitrogens with zero attached hydrogens (tertiary/aromatic N) is 5. The second-order valence-corrected chi connectivity index (χ2v) is 6.29. The first-order valence-electron chi connectivity index (χ1n) is 7.87. The topological polar surface area (TPSA) is 79.8 Å². The lowest BCUT2D eigenvalue weighted by atomic mass is 9.91. The van der Waals surface area contributed by atoms with Crippen LogP contribution in [0.1, 0.15) is 30.4 Å². The smallest absolute Gasteiger partial charge is 0.225 e. The molecule has 2 atom stereocenters. The highest BCUT2D eigenvalue weighted by Gasteiger charge is 2.45. The molecule has 3 heterocycles. The molecule has 1 saturated heterocycles. The first kappa shape index (κ1) is 14.5. The number of halogens is 1. The van der Waals surface area contributed by atoms with E-state index in [-0.39, 0.29) is 5.92 Å². The minimum Gasteiger partial charge on any atom is -0.377 e. The van der Waals surface area contributed by atoms with Gasteiger partial charge < -0.3 is 9.64 Å². The number of aromatic amines is 1. The van der Waals surface area contributed by atoms with Crippen molar-refractivity contribution in [1.29, 1.82) is 0 Å². The number of H-pyrrole nitrogens is 1. The Morgan fingerprint density at radius 1 is 1.30 bits per heavy atom. The summed E-state index contributed by atoms with van der Waals surface area (Å²) < 4.78 is 18.1. The fourth-order valence-electron chi connectivity index (χ4n) is 3.41. The van der Waals surface area contributed by atoms with Gasteiger partial charge in [0, 0.05) is 26.1 Å². The SMILES string of the molecule is COCc1nc([C@H]2CN(c3ncc(F)cn3)C[C@@H]2C2CC2)n[nH]1. The van der Waals surface area contributed by atoms with Crippen molar-refractivity contribution >= 4 is 5.95 Å². The van der Waals surface area contributed by atoms with Crippen molar-refractivity contribution in [2.24, 2.45) is 11.8 Å². The Balaban J connectivity index is 1.56. The summed E-state index contributed by atoms with van der Waals surface area (Å²) in [6.45, 7) is 2.06. The van der Waals surface area contributed by atoms with Gasteiger partial charge in [0.05, 0.1) is 12.4 Å². The normalized spacial score (nSPS) is 24.3. The van der Waals surface area contributed by atoms with Gasteiger partial charge in [-0.15, -0.1) is 0 Å². The highest BCUT2D eigenvalue weighted by Crippen LogP contribution is 2.47. The maximum Gasteiger partial charge on any atom is 0.225 e. The molecule has 2 aromatic rings. The van der Waals surface area contributed by atoms with E-state index in [0.29, 0.717) is 18.5 Å². The van der Waals surface area contributed by atoms with Gasteiger partial charge in [-0.2, -0.15) is 5.10 Å². The predicted octanol–water partition coefficient (Wildman–Crippen LogP) is 1.51. The number of rotatable bonds is 5. The molecular weight excluding hydrogens is 299 g/mol. The third kappa shape index (κ3) is 2.90. The summed E-state index contributed by atoms with van der Waals surface area (Å²) in [5.41, 5.74) is 0. The van der Waals surface area contributed by atoms with Gasteiger partial charge in [-0.25, -0.2) is 19.3 Å². The Labute approximate surface area is 133 Å². The molecule has 1 saturated carbocycles. The summed E-state index contributed by atoms with van der Waals surface area (Å²) in [6, 6.07) is 0. The average Bonchev–Trinajstić information content (AvgIpc) is 3.13. The van der Waals surface area contributed by atoms with E-state index in [1.807, 2.05) is 0 Å². The zero-order chi connectivity index (χ0) is 15.8. The van der Waals surface area contributed by atoms with Crippen LogP contribution in [0, 0.1) is 17.7 Å². The Hall–Kier alpha value is -2.09. The summed E-state index contributed by atoms with van der Waals surface area (Å²) in [4.78, 5) is 14.9. The van der Waals surface area contributed by atoms with Crippen molar-refractivity contribution in [1.82, 2.24) is 25.1 Å². The standard InChI is InChI=1S/C15H19FN6O/c1-23-8-13-19-14(21-20-13)12-7-22(6-11(12)9-2-3-9)15-17-4-10(16)5-18-15/h4-5,9,11-12H,2-3,6-8H2,1H3,(H,19,20,21)/t11-,12+/m1/s1. The van der Waals surface area contributed by atoms with E-state index in [4.69, 9.17) is 4.74 Å². The zero-order valence-corrected chi connectivity index (χ0v) is 12.9. The second kappa shape index (κ2) is 5.84. The lowest BCUT2D eigenvalue weighted by Gasteiger charge is -2.15. The van der Waals surface area contributed by atoms with E-state index in [0.717, 1.165) is 30.7 Å². The number of anilines is 1. The summed E-state index contributed by atoms with van der Waals surface area (Å²) in [6.07, 6.45) is 4.94. The molecular formula is C15H19FN6O. The molecule has 1 aliphatic carbocycles. The predicted molar refractivity (Wildman–Crippen MR) is 80.3 cm³/mol. The van der Waals surface area contributed by atoms with Crippen molar-refractivity contribution in [3.63, 3.8) is 0 Å². The van der Waals surface area contributed by atoms with Crippen LogP contribution >= 0.6 is 0 Å². The fourth-order valence-corrected chi connectivity index (χ4v) is 3.41. The van der Waals surface area contributed by atoms with Crippen molar-refractivity contribution in [3.8, 4) is 0 Å². The van der Waals surface area contributed by atoms with Crippen molar-refractivity contribution in [3.05, 3.63) is 29.9 Å². The molecule has 4 rings (SSSR count). The van der Waals surface area contributed by atoms with E-state index in [1.54, 1.807) is 7.11 Å². The first-order chi connectivity index (χ1) is 11.2. The van der Waals surface area contributed by atoms with E-state index in [2.05, 4.69) is 30.0 Å². The molecule has 1 aliphatic heterocycles. The lowest BCUT2D eigenvalue weighted by Crippen LogP contribution is -2.22. The van der Waals surface area contributed by atoms with Crippen molar-refractivity contribution in [2.75, 3.05) is 25.1 Å². The van der Waals surface area contributed by atoms with Gasteiger partial charge in [-0.3, -0.25) is 5.10 Å². The van der Waals surface area contributed by atoms with Crippen LogP contribution < -0.4 is 4.90 Å². The number of hydrogen-bond donors (Lipinski definition) is 1. The van der Waals surface area contributed by atoms with Gasteiger partial charge in [-0.05, 0) is 24.7 Å². The quantitative estimate of drug-likeness (QED) is 0.900. The van der Waals surface area contributed by atoms with Gasteiger partial charge in [0.1, 0.15) is 6.61 Å². The lowest BCUT2D eigenvalue weighted by molar-refractivity contribution is 0.178. The zero-order valence-electron chi connectivity index (χ0n) is 12.9. The molecule has 122 valence electrons. The third-order valence-corrected chi connectivity index (χ3v) is 4.64. The highest BCUT2D eigenvalue weighted by atomic mass is 19.1. The fraction of sp³-hybridized carbons (Fsp3) is 0.600. The number of methoxy groups -OCH3 is 1. The molecule has 2 aromatic heterocycles. The Bertz CT molecular complexity index is 671. The molecule has 0 amide bonds. The molecule has 0 aromatic carbocycles. The first-order valence-corrected chi connectivity index (χ1v) is 7.87. The van der Waals surface area contributed by atoms with Crippen molar-refractivity contribution < 1.29 is 9.13 Å². The van der Waals surface area contributed by atoms with Crippen LogP contribution in [0.15, 0.2) is 12.4 Å². The van der Waals surface area contributed by atoms with Crippen LogP contribution in [0.25, 0.3) is 0 Å². The van der Waals surface area contributed by atoms with E-state index in [9.17, 15) is 4.39 Å². The Morgan fingerprint density at radius 3 is 2.78 bits per heavy atom. The molecule has 0 spiro atoms. The number of ether oxygens (including phenoxy) is 1. The van der Waals surface area contributed by atoms with Crippen molar-refractivity contribution in [2.45, 2.75) is 25.4 Å². The molecule has 0 radical (unpaired) electrons. The monoisotopic (exact) mass is 318 g/mol. The average molecular weight is 318 g/mol. The number of nitrogens with one attached hydrogen (secondary N) is 1. The van der Waals surface area contributed by atoms with Crippen LogP contribution in [0.5, 0.6) is 0 Å².